The second-order valence-corrected chi connectivity index (χ2v) is 9.91. The summed E-state index contributed by atoms with van der Waals surface area (Å²) in [6.45, 7) is 0.198. The Morgan fingerprint density at radius 3 is 2.38 bits per heavy atom. The van der Waals surface area contributed by atoms with Crippen molar-refractivity contribution in [3.05, 3.63) is 63.5 Å². The van der Waals surface area contributed by atoms with Crippen molar-refractivity contribution in [2.45, 2.75) is 6.54 Å². The molecule has 1 fully saturated rings. The van der Waals surface area contributed by atoms with Gasteiger partial charge in [0.1, 0.15) is 12.4 Å². The minimum Gasteiger partial charge on any atom is -0.479 e. The van der Waals surface area contributed by atoms with Crippen molar-refractivity contribution in [2.75, 3.05) is 6.61 Å². The number of benzene rings is 2. The first kappa shape index (κ1) is 22.7. The van der Waals surface area contributed by atoms with Crippen LogP contribution in [0.3, 0.4) is 0 Å². The Morgan fingerprint density at radius 2 is 1.79 bits per heavy atom. The third-order valence-corrected chi connectivity index (χ3v) is 7.09. The normalized spacial score (nSPS) is 15.1. The Labute approximate surface area is 209 Å². The number of ether oxygens (including phenoxy) is 1. The van der Waals surface area contributed by atoms with Crippen LogP contribution in [0.2, 0.25) is 10.0 Å². The zero-order valence-corrected chi connectivity index (χ0v) is 21.2. The smallest absolute Gasteiger partial charge is 0.293 e. The highest BCUT2D eigenvalue weighted by molar-refractivity contribution is 14.1. The number of imide groups is 1. The van der Waals surface area contributed by atoms with Crippen LogP contribution in [0.1, 0.15) is 11.1 Å². The van der Waals surface area contributed by atoms with Crippen molar-refractivity contribution in [2.24, 2.45) is 0 Å². The lowest BCUT2D eigenvalue weighted by atomic mass is 10.2. The molecule has 0 N–H and O–H groups in total. The fourth-order valence-electron chi connectivity index (χ4n) is 2.54. The number of rotatable bonds is 5. The van der Waals surface area contributed by atoms with E-state index < -0.39 is 0 Å². The number of hydrogen-bond acceptors (Lipinski definition) is 4. The molecule has 0 spiro atoms. The summed E-state index contributed by atoms with van der Waals surface area (Å²) >= 11 is 17.5. The highest BCUT2D eigenvalue weighted by Gasteiger charge is 2.35. The molecule has 1 aliphatic heterocycles. The summed E-state index contributed by atoms with van der Waals surface area (Å²) in [6, 6.07) is 8.79. The number of carbonyl (C=O) groups is 2. The first-order chi connectivity index (χ1) is 13.8. The molecule has 2 amide bonds. The first-order valence-electron chi connectivity index (χ1n) is 8.05. The number of nitrogens with zero attached hydrogens (tertiary/aromatic N) is 1. The summed E-state index contributed by atoms with van der Waals surface area (Å²) in [5.41, 5.74) is 1.33. The molecule has 1 heterocycles. The molecule has 3 rings (SSSR count). The number of halogens is 4. The van der Waals surface area contributed by atoms with Crippen molar-refractivity contribution in [1.29, 1.82) is 0 Å². The van der Waals surface area contributed by atoms with E-state index in [9.17, 15) is 9.59 Å². The topological polar surface area (TPSA) is 46.6 Å². The van der Waals surface area contributed by atoms with E-state index in [4.69, 9.17) is 34.4 Å². The van der Waals surface area contributed by atoms with Gasteiger partial charge in [0.2, 0.25) is 0 Å². The lowest BCUT2D eigenvalue weighted by Crippen LogP contribution is -2.27. The Hall–Kier alpha value is -0.930. The maximum absolute atomic E-state index is 12.8. The average Bonchev–Trinajstić information content (AvgIpc) is 2.91. The molecule has 0 atom stereocenters. The van der Waals surface area contributed by atoms with Crippen LogP contribution < -0.4 is 4.74 Å². The van der Waals surface area contributed by atoms with Crippen molar-refractivity contribution in [3.8, 4) is 18.1 Å². The number of carbonyl (C=O) groups excluding carboxylic acids is 2. The molecular formula is C20H11Cl2I2NO3S. The van der Waals surface area contributed by atoms with Crippen LogP contribution in [0.5, 0.6) is 5.75 Å². The van der Waals surface area contributed by atoms with Gasteiger partial charge in [0.05, 0.1) is 18.6 Å². The number of thioether (sulfide) groups is 1. The van der Waals surface area contributed by atoms with Crippen molar-refractivity contribution in [3.63, 3.8) is 0 Å². The quantitative estimate of drug-likeness (QED) is 0.209. The molecule has 148 valence electrons. The standard InChI is InChI=1S/C20H11Cl2I2NO3S/c1-2-6-28-18-15(23)7-11(8-16(18)24)9-17-19(26)25(20(27)29-17)10-12-13(21)4-3-5-14(12)22/h1,3-5,7-9H,6,10H2/b17-9-. The van der Waals surface area contributed by atoms with Crippen LogP contribution in [0.15, 0.2) is 35.2 Å². The van der Waals surface area contributed by atoms with E-state index in [1.807, 2.05) is 12.1 Å². The fourth-order valence-corrected chi connectivity index (χ4v) is 6.03. The summed E-state index contributed by atoms with van der Waals surface area (Å²) < 4.78 is 7.27. The fraction of sp³-hybridized carbons (Fsp3) is 0.100. The highest BCUT2D eigenvalue weighted by Crippen LogP contribution is 2.37. The second-order valence-electron chi connectivity index (χ2n) is 5.77. The molecule has 1 aliphatic rings. The van der Waals surface area contributed by atoms with Gasteiger partial charge in [0.15, 0.2) is 0 Å². The summed E-state index contributed by atoms with van der Waals surface area (Å²) in [6.07, 6.45) is 6.94. The molecule has 29 heavy (non-hydrogen) atoms. The molecule has 4 nitrogen and oxygen atoms in total. The van der Waals surface area contributed by atoms with Gasteiger partial charge in [0.25, 0.3) is 11.1 Å². The van der Waals surface area contributed by atoms with Gasteiger partial charge in [-0.25, -0.2) is 0 Å². The van der Waals surface area contributed by atoms with Crippen molar-refractivity contribution < 1.29 is 14.3 Å². The van der Waals surface area contributed by atoms with Crippen LogP contribution in [-0.4, -0.2) is 22.7 Å². The Bertz CT molecular complexity index is 1040. The molecule has 2 aromatic rings. The molecule has 0 aliphatic carbocycles. The lowest BCUT2D eigenvalue weighted by molar-refractivity contribution is -0.123. The van der Waals surface area contributed by atoms with E-state index >= 15 is 0 Å². The van der Waals surface area contributed by atoms with Gasteiger partial charge in [-0.1, -0.05) is 35.2 Å². The van der Waals surface area contributed by atoms with Crippen LogP contribution in [0, 0.1) is 19.5 Å². The largest absolute Gasteiger partial charge is 0.479 e. The van der Waals surface area contributed by atoms with Crippen LogP contribution in [0.25, 0.3) is 6.08 Å². The molecule has 0 aromatic heterocycles. The van der Waals surface area contributed by atoms with Crippen molar-refractivity contribution in [1.82, 2.24) is 4.90 Å². The SMILES string of the molecule is C#CCOc1c(I)cc(/C=C2\SC(=O)N(Cc3c(Cl)cccc3Cl)C2=O)cc1I. The Kier molecular flexibility index (Phi) is 7.78. The van der Waals surface area contributed by atoms with E-state index in [0.717, 1.165) is 29.4 Å². The summed E-state index contributed by atoms with van der Waals surface area (Å²) in [5.74, 6) is 2.75. The van der Waals surface area contributed by atoms with Crippen LogP contribution in [0.4, 0.5) is 4.79 Å². The average molecular weight is 670 g/mol. The molecule has 0 bridgehead atoms. The molecular weight excluding hydrogens is 659 g/mol. The Balaban J connectivity index is 1.86. The molecule has 2 aromatic carbocycles. The molecule has 0 radical (unpaired) electrons. The van der Waals surface area contributed by atoms with Gasteiger partial charge >= 0.3 is 0 Å². The predicted molar refractivity (Wildman–Crippen MR) is 134 cm³/mol. The first-order valence-corrected chi connectivity index (χ1v) is 11.8. The maximum Gasteiger partial charge on any atom is 0.293 e. The number of terminal acetylenes is 1. The van der Waals surface area contributed by atoms with Gasteiger partial charge < -0.3 is 4.74 Å². The molecule has 9 heteroatoms. The van der Waals surface area contributed by atoms with Crippen LogP contribution >= 0.6 is 80.1 Å². The minimum atomic E-state index is -0.381. The summed E-state index contributed by atoms with van der Waals surface area (Å²) in [4.78, 5) is 26.7. The monoisotopic (exact) mass is 669 g/mol. The van der Waals surface area contributed by atoms with E-state index in [2.05, 4.69) is 51.1 Å². The van der Waals surface area contributed by atoms with Crippen molar-refractivity contribution >= 4 is 97.4 Å². The van der Waals surface area contributed by atoms with E-state index in [0.29, 0.717) is 26.3 Å². The Morgan fingerprint density at radius 1 is 1.17 bits per heavy atom. The summed E-state index contributed by atoms with van der Waals surface area (Å²) in [7, 11) is 0. The van der Waals surface area contributed by atoms with E-state index in [1.54, 1.807) is 24.3 Å². The lowest BCUT2D eigenvalue weighted by Gasteiger charge is -2.14. The zero-order chi connectivity index (χ0) is 21.1. The highest BCUT2D eigenvalue weighted by atomic mass is 127. The van der Waals surface area contributed by atoms with E-state index in [-0.39, 0.29) is 24.3 Å². The number of hydrogen-bond donors (Lipinski definition) is 0. The second kappa shape index (κ2) is 9.92. The third kappa shape index (κ3) is 5.22. The maximum atomic E-state index is 12.8. The number of amides is 2. The third-order valence-electron chi connectivity index (χ3n) is 3.87. The predicted octanol–water partition coefficient (Wildman–Crippen LogP) is 6.45. The zero-order valence-electron chi connectivity index (χ0n) is 14.5. The molecule has 0 unspecified atom stereocenters. The van der Waals surface area contributed by atoms with Gasteiger partial charge in [-0.15, -0.1) is 6.42 Å². The molecule has 1 saturated heterocycles. The summed E-state index contributed by atoms with van der Waals surface area (Å²) in [5, 5.41) is 0.454. The minimum absolute atomic E-state index is 0.0223. The van der Waals surface area contributed by atoms with Gasteiger partial charge in [-0.3, -0.25) is 14.5 Å². The molecule has 0 saturated carbocycles. The van der Waals surface area contributed by atoms with Gasteiger partial charge in [-0.2, -0.15) is 0 Å². The van der Waals surface area contributed by atoms with E-state index in [1.165, 1.54) is 0 Å². The van der Waals surface area contributed by atoms with Gasteiger partial charge in [0, 0.05) is 15.6 Å². The van der Waals surface area contributed by atoms with Crippen LogP contribution in [-0.2, 0) is 11.3 Å². The van der Waals surface area contributed by atoms with Gasteiger partial charge in [-0.05, 0) is 92.8 Å².